The highest BCUT2D eigenvalue weighted by Crippen LogP contribution is 2.21. The van der Waals surface area contributed by atoms with Gasteiger partial charge >= 0.3 is 0 Å². The molecule has 0 aliphatic rings. The van der Waals surface area contributed by atoms with Crippen LogP contribution in [0.5, 0.6) is 0 Å². The molecule has 5 nitrogen and oxygen atoms in total. The van der Waals surface area contributed by atoms with E-state index in [1.54, 1.807) is 4.52 Å². The zero-order valence-electron chi connectivity index (χ0n) is 10.8. The second kappa shape index (κ2) is 6.00. The lowest BCUT2D eigenvalue weighted by Gasteiger charge is -2.11. The predicted octanol–water partition coefficient (Wildman–Crippen LogP) is 3.08. The first-order chi connectivity index (χ1) is 8.74. The zero-order chi connectivity index (χ0) is 13.0. The number of halogens is 1. The van der Waals surface area contributed by atoms with Crippen molar-refractivity contribution in [1.29, 1.82) is 0 Å². The monoisotopic (exact) mass is 267 g/mol. The molecule has 1 N–H and O–H groups in total. The van der Waals surface area contributed by atoms with Gasteiger partial charge in [-0.25, -0.2) is 0 Å². The van der Waals surface area contributed by atoms with Crippen LogP contribution >= 0.6 is 11.6 Å². The van der Waals surface area contributed by atoms with Crippen LogP contribution < -0.4 is 5.32 Å². The van der Waals surface area contributed by atoms with E-state index in [4.69, 9.17) is 11.6 Å². The fraction of sp³-hybridized carbons (Fsp3) is 0.583. The van der Waals surface area contributed by atoms with E-state index >= 15 is 0 Å². The molecule has 0 unspecified atom stereocenters. The smallest absolute Gasteiger partial charge is 0.255 e. The third kappa shape index (κ3) is 2.72. The molecular formula is C12H18ClN5. The lowest BCUT2D eigenvalue weighted by atomic mass is 10.2. The van der Waals surface area contributed by atoms with Crippen LogP contribution in [0.3, 0.4) is 0 Å². The third-order valence-corrected chi connectivity index (χ3v) is 3.30. The first-order valence-electron chi connectivity index (χ1n) is 6.33. The number of hydrogen-bond donors (Lipinski definition) is 1. The Morgan fingerprint density at radius 1 is 1.33 bits per heavy atom. The van der Waals surface area contributed by atoms with Crippen LogP contribution in [0.25, 0.3) is 5.78 Å². The summed E-state index contributed by atoms with van der Waals surface area (Å²) in [5.41, 5.74) is 0.908. The highest BCUT2D eigenvalue weighted by molar-refractivity contribution is 6.30. The first kappa shape index (κ1) is 13.1. The minimum atomic E-state index is 0.478. The molecule has 0 amide bonds. The summed E-state index contributed by atoms with van der Waals surface area (Å²) in [4.78, 5) is 8.22. The minimum Gasteiger partial charge on any atom is -0.370 e. The summed E-state index contributed by atoms with van der Waals surface area (Å²) in [6.45, 7) is 5.06. The Morgan fingerprint density at radius 2 is 2.17 bits per heavy atom. The van der Waals surface area contributed by atoms with Crippen LogP contribution in [-0.2, 0) is 0 Å². The first-order valence-corrected chi connectivity index (χ1v) is 6.71. The van der Waals surface area contributed by atoms with Gasteiger partial charge in [-0.2, -0.15) is 19.6 Å². The molecule has 0 radical (unpaired) electrons. The number of nitrogens with zero attached hydrogens (tertiary/aromatic N) is 4. The fourth-order valence-electron chi connectivity index (χ4n) is 1.86. The molecule has 2 heterocycles. The maximum absolute atomic E-state index is 6.08. The van der Waals surface area contributed by atoms with Gasteiger partial charge in [-0.3, -0.25) is 0 Å². The predicted molar refractivity (Wildman–Crippen MR) is 73.2 cm³/mol. The molecule has 0 saturated heterocycles. The number of aromatic nitrogens is 4. The summed E-state index contributed by atoms with van der Waals surface area (Å²) in [6.07, 6.45) is 6.38. The average molecular weight is 268 g/mol. The summed E-state index contributed by atoms with van der Waals surface area (Å²) in [6, 6.07) is 0. The summed E-state index contributed by atoms with van der Waals surface area (Å²) in [7, 11) is 0. The van der Waals surface area contributed by atoms with Gasteiger partial charge in [-0.1, -0.05) is 37.8 Å². The number of unbranched alkanes of at least 4 members (excludes halogenated alkanes) is 3. The van der Waals surface area contributed by atoms with Crippen LogP contribution in [0.1, 0.15) is 38.2 Å². The summed E-state index contributed by atoms with van der Waals surface area (Å²) < 4.78 is 1.70. The summed E-state index contributed by atoms with van der Waals surface area (Å²) in [5.74, 6) is 1.42. The van der Waals surface area contributed by atoms with Gasteiger partial charge in [0.25, 0.3) is 5.78 Å². The molecule has 0 aliphatic carbocycles. The van der Waals surface area contributed by atoms with Gasteiger partial charge in [0, 0.05) is 12.1 Å². The molecule has 0 fully saturated rings. The van der Waals surface area contributed by atoms with Crippen molar-refractivity contribution in [3.63, 3.8) is 0 Å². The van der Waals surface area contributed by atoms with Crippen molar-refractivity contribution < 1.29 is 0 Å². The topological polar surface area (TPSA) is 55.1 Å². The van der Waals surface area contributed by atoms with Crippen LogP contribution in [0, 0.1) is 6.92 Å². The number of fused-ring (bicyclic) bond motifs is 1. The number of anilines is 1. The second-order valence-corrected chi connectivity index (χ2v) is 4.69. The zero-order valence-corrected chi connectivity index (χ0v) is 11.5. The molecular weight excluding hydrogens is 250 g/mol. The molecule has 6 heteroatoms. The Labute approximate surface area is 112 Å². The standard InChI is InChI=1S/C12H18ClN5/c1-3-4-5-6-7-14-11-9(2)10(13)17-12-15-8-16-18(11)12/h8,14H,3-7H2,1-2H3. The molecule has 0 saturated carbocycles. The van der Waals surface area contributed by atoms with E-state index in [1.807, 2.05) is 6.92 Å². The Balaban J connectivity index is 2.11. The second-order valence-electron chi connectivity index (χ2n) is 4.34. The fourth-order valence-corrected chi connectivity index (χ4v) is 2.03. The highest BCUT2D eigenvalue weighted by atomic mass is 35.5. The Bertz CT molecular complexity index is 522. The van der Waals surface area contributed by atoms with Gasteiger partial charge in [0.15, 0.2) is 0 Å². The maximum Gasteiger partial charge on any atom is 0.255 e. The van der Waals surface area contributed by atoms with Gasteiger partial charge in [0.2, 0.25) is 0 Å². The van der Waals surface area contributed by atoms with Gasteiger partial charge in [-0.05, 0) is 13.3 Å². The van der Waals surface area contributed by atoms with Crippen LogP contribution in [0.4, 0.5) is 5.82 Å². The third-order valence-electron chi connectivity index (χ3n) is 2.93. The van der Waals surface area contributed by atoms with E-state index in [1.165, 1.54) is 25.6 Å². The number of hydrogen-bond acceptors (Lipinski definition) is 4. The van der Waals surface area contributed by atoms with Crippen molar-refractivity contribution in [2.45, 2.75) is 39.5 Å². The summed E-state index contributed by atoms with van der Waals surface area (Å²) >= 11 is 6.08. The normalized spacial score (nSPS) is 11.1. The van der Waals surface area contributed by atoms with Crippen molar-refractivity contribution >= 4 is 23.2 Å². The largest absolute Gasteiger partial charge is 0.370 e. The number of rotatable bonds is 6. The van der Waals surface area contributed by atoms with Crippen LogP contribution in [0.2, 0.25) is 5.15 Å². The quantitative estimate of drug-likeness (QED) is 0.646. The van der Waals surface area contributed by atoms with Gasteiger partial charge in [-0.15, -0.1) is 0 Å². The SMILES string of the molecule is CCCCCCNc1c(C)c(Cl)nc2ncnn12. The van der Waals surface area contributed by atoms with Gasteiger partial charge in [0.05, 0.1) is 0 Å². The maximum atomic E-state index is 6.08. The Hall–Kier alpha value is -1.36. The van der Waals surface area contributed by atoms with Crippen molar-refractivity contribution in [2.75, 3.05) is 11.9 Å². The van der Waals surface area contributed by atoms with E-state index in [2.05, 4.69) is 27.3 Å². The molecule has 0 aromatic carbocycles. The van der Waals surface area contributed by atoms with Crippen LogP contribution in [-0.4, -0.2) is 26.1 Å². The highest BCUT2D eigenvalue weighted by Gasteiger charge is 2.11. The molecule has 0 atom stereocenters. The summed E-state index contributed by atoms with van der Waals surface area (Å²) in [5, 5.41) is 8.01. The molecule has 2 rings (SSSR count). The van der Waals surface area contributed by atoms with Gasteiger partial charge in [0.1, 0.15) is 17.3 Å². The van der Waals surface area contributed by atoms with Gasteiger partial charge < -0.3 is 5.32 Å². The molecule has 2 aromatic heterocycles. The number of nitrogens with one attached hydrogen (secondary N) is 1. The van der Waals surface area contributed by atoms with E-state index in [-0.39, 0.29) is 0 Å². The van der Waals surface area contributed by atoms with E-state index < -0.39 is 0 Å². The van der Waals surface area contributed by atoms with Crippen molar-refractivity contribution in [3.8, 4) is 0 Å². The van der Waals surface area contributed by atoms with Crippen molar-refractivity contribution in [1.82, 2.24) is 19.6 Å². The van der Waals surface area contributed by atoms with Crippen molar-refractivity contribution in [2.24, 2.45) is 0 Å². The molecule has 2 aromatic rings. The Kier molecular flexibility index (Phi) is 4.36. The molecule has 0 spiro atoms. The Morgan fingerprint density at radius 3 is 2.94 bits per heavy atom. The molecule has 0 aliphatic heterocycles. The molecule has 18 heavy (non-hydrogen) atoms. The molecule has 98 valence electrons. The average Bonchev–Trinajstić information content (AvgIpc) is 2.81. The van der Waals surface area contributed by atoms with Crippen molar-refractivity contribution in [3.05, 3.63) is 17.0 Å². The van der Waals surface area contributed by atoms with E-state index in [0.29, 0.717) is 10.9 Å². The lowest BCUT2D eigenvalue weighted by molar-refractivity contribution is 0.682. The van der Waals surface area contributed by atoms with E-state index in [9.17, 15) is 0 Å². The minimum absolute atomic E-state index is 0.478. The lowest BCUT2D eigenvalue weighted by Crippen LogP contribution is -2.10. The van der Waals surface area contributed by atoms with Crippen LogP contribution in [0.15, 0.2) is 6.33 Å². The van der Waals surface area contributed by atoms with E-state index in [0.717, 1.165) is 24.3 Å². The molecule has 0 bridgehead atoms.